The molecular weight excluding hydrogens is 316 g/mol. The molecule has 1 fully saturated rings. The third kappa shape index (κ3) is 2.70. The number of benzene rings is 1. The van der Waals surface area contributed by atoms with Crippen molar-refractivity contribution in [2.75, 3.05) is 37.0 Å². The SMILES string of the molecule is CC(C)C(C)(O)CN1CC(=O)C(=C2N(C)c3ccccc3N2C)C1=N. The molecule has 1 unspecified atom stereocenters. The molecule has 0 spiro atoms. The van der Waals surface area contributed by atoms with Crippen LogP contribution in [0.5, 0.6) is 0 Å². The number of ketones is 1. The molecular formula is C19H26N4O2. The van der Waals surface area contributed by atoms with Gasteiger partial charge < -0.3 is 19.8 Å². The summed E-state index contributed by atoms with van der Waals surface area (Å²) in [6.07, 6.45) is 0. The van der Waals surface area contributed by atoms with Crippen LogP contribution in [0.2, 0.25) is 0 Å². The van der Waals surface area contributed by atoms with Crippen molar-refractivity contribution in [1.82, 2.24) is 4.90 Å². The second-order valence-corrected chi connectivity index (χ2v) is 7.45. The van der Waals surface area contributed by atoms with E-state index in [1.165, 1.54) is 0 Å². The van der Waals surface area contributed by atoms with Gasteiger partial charge in [-0.1, -0.05) is 26.0 Å². The lowest BCUT2D eigenvalue weighted by atomic mass is 9.92. The first-order valence-electron chi connectivity index (χ1n) is 8.55. The number of hydrogen-bond acceptors (Lipinski definition) is 5. The second-order valence-electron chi connectivity index (χ2n) is 7.45. The number of Topliss-reactive ketones (excluding diaryl/α,β-unsaturated/α-hetero) is 1. The van der Waals surface area contributed by atoms with Crippen molar-refractivity contribution in [3.05, 3.63) is 35.7 Å². The number of fused-ring (bicyclic) bond motifs is 1. The Balaban J connectivity index is 1.97. The Kier molecular flexibility index (Phi) is 4.11. The highest BCUT2D eigenvalue weighted by molar-refractivity contribution is 6.27. The molecule has 134 valence electrons. The molecule has 6 heteroatoms. The smallest absolute Gasteiger partial charge is 0.189 e. The average molecular weight is 342 g/mol. The zero-order valence-corrected chi connectivity index (χ0v) is 15.5. The van der Waals surface area contributed by atoms with Crippen LogP contribution in [0.4, 0.5) is 11.4 Å². The van der Waals surface area contributed by atoms with E-state index in [9.17, 15) is 9.90 Å². The van der Waals surface area contributed by atoms with Crippen LogP contribution in [-0.2, 0) is 4.79 Å². The number of aliphatic hydroxyl groups is 1. The van der Waals surface area contributed by atoms with Gasteiger partial charge in [0, 0.05) is 20.6 Å². The molecule has 0 amide bonds. The van der Waals surface area contributed by atoms with Gasteiger partial charge in [-0.25, -0.2) is 0 Å². The molecule has 2 aliphatic heterocycles. The summed E-state index contributed by atoms with van der Waals surface area (Å²) in [5.74, 6) is 0.870. The molecule has 1 saturated heterocycles. The van der Waals surface area contributed by atoms with E-state index < -0.39 is 5.60 Å². The maximum Gasteiger partial charge on any atom is 0.189 e. The maximum atomic E-state index is 12.7. The fourth-order valence-electron chi connectivity index (χ4n) is 3.38. The number of rotatable bonds is 3. The molecule has 3 rings (SSSR count). The van der Waals surface area contributed by atoms with Crippen LogP contribution in [0.15, 0.2) is 35.7 Å². The lowest BCUT2D eigenvalue weighted by molar-refractivity contribution is -0.114. The molecule has 1 atom stereocenters. The third-order valence-electron chi connectivity index (χ3n) is 5.38. The van der Waals surface area contributed by atoms with Crippen LogP contribution in [0.1, 0.15) is 20.8 Å². The quantitative estimate of drug-likeness (QED) is 0.823. The first-order chi connectivity index (χ1) is 11.6. The molecule has 0 aromatic heterocycles. The number of likely N-dealkylation sites (tertiary alicyclic amines) is 1. The lowest BCUT2D eigenvalue weighted by Crippen LogP contribution is -2.45. The number of amidine groups is 1. The van der Waals surface area contributed by atoms with Gasteiger partial charge in [0.15, 0.2) is 5.78 Å². The summed E-state index contributed by atoms with van der Waals surface area (Å²) in [5.41, 5.74) is 1.49. The Hall–Kier alpha value is -2.34. The van der Waals surface area contributed by atoms with E-state index in [0.717, 1.165) is 17.2 Å². The Morgan fingerprint density at radius 1 is 1.20 bits per heavy atom. The molecule has 6 nitrogen and oxygen atoms in total. The molecule has 2 heterocycles. The van der Waals surface area contributed by atoms with Crippen LogP contribution >= 0.6 is 0 Å². The van der Waals surface area contributed by atoms with Gasteiger partial charge >= 0.3 is 0 Å². The van der Waals surface area contributed by atoms with Gasteiger partial charge in [0.25, 0.3) is 0 Å². The van der Waals surface area contributed by atoms with E-state index in [-0.39, 0.29) is 30.6 Å². The number of nitrogens with one attached hydrogen (secondary N) is 1. The topological polar surface area (TPSA) is 70.9 Å². The van der Waals surface area contributed by atoms with E-state index in [1.54, 1.807) is 11.8 Å². The minimum Gasteiger partial charge on any atom is -0.388 e. The molecule has 0 saturated carbocycles. The van der Waals surface area contributed by atoms with Gasteiger partial charge in [-0.05, 0) is 25.0 Å². The van der Waals surface area contributed by atoms with Crippen molar-refractivity contribution >= 4 is 23.0 Å². The van der Waals surface area contributed by atoms with Crippen molar-refractivity contribution in [2.45, 2.75) is 26.4 Å². The highest BCUT2D eigenvalue weighted by Crippen LogP contribution is 2.41. The largest absolute Gasteiger partial charge is 0.388 e. The Morgan fingerprint density at radius 3 is 2.20 bits per heavy atom. The maximum absolute atomic E-state index is 12.7. The predicted molar refractivity (Wildman–Crippen MR) is 100 cm³/mol. The second kappa shape index (κ2) is 5.88. The normalized spacial score (nSPS) is 20.0. The summed E-state index contributed by atoms with van der Waals surface area (Å²) in [7, 11) is 3.83. The van der Waals surface area contributed by atoms with Gasteiger partial charge in [-0.2, -0.15) is 0 Å². The van der Waals surface area contributed by atoms with Crippen molar-refractivity contribution in [3.63, 3.8) is 0 Å². The van der Waals surface area contributed by atoms with Crippen molar-refractivity contribution in [3.8, 4) is 0 Å². The molecule has 0 aliphatic carbocycles. The number of para-hydroxylation sites is 2. The standard InChI is InChI=1S/C19H26N4O2/c1-12(2)19(3,25)11-23-10-15(24)16(17(23)20)18-21(4)13-8-6-7-9-14(13)22(18)5/h6-9,12,20,25H,10-11H2,1-5H3. The van der Waals surface area contributed by atoms with Gasteiger partial charge in [0.2, 0.25) is 0 Å². The molecule has 2 N–H and O–H groups in total. The predicted octanol–water partition coefficient (Wildman–Crippen LogP) is 2.05. The van der Waals surface area contributed by atoms with Gasteiger partial charge in [-0.15, -0.1) is 0 Å². The summed E-state index contributed by atoms with van der Waals surface area (Å²) >= 11 is 0. The molecule has 25 heavy (non-hydrogen) atoms. The first kappa shape index (κ1) is 17.5. The lowest BCUT2D eigenvalue weighted by Gasteiger charge is -2.32. The van der Waals surface area contributed by atoms with Crippen molar-refractivity contribution < 1.29 is 9.90 Å². The zero-order valence-electron chi connectivity index (χ0n) is 15.5. The minimum absolute atomic E-state index is 0.0354. The van der Waals surface area contributed by atoms with Crippen LogP contribution in [0.25, 0.3) is 0 Å². The molecule has 0 radical (unpaired) electrons. The number of β-amino-alcohol motifs (C(OH)–C–C–N with tert-alkyl or cyclic N) is 1. The highest BCUT2D eigenvalue weighted by Gasteiger charge is 2.41. The summed E-state index contributed by atoms with van der Waals surface area (Å²) in [6.45, 7) is 6.04. The fourth-order valence-corrected chi connectivity index (χ4v) is 3.38. The number of carbonyl (C=O) groups is 1. The van der Waals surface area contributed by atoms with E-state index in [4.69, 9.17) is 5.41 Å². The number of anilines is 2. The zero-order chi connectivity index (χ0) is 18.5. The van der Waals surface area contributed by atoms with Crippen LogP contribution in [0, 0.1) is 11.3 Å². The number of hydrogen-bond donors (Lipinski definition) is 2. The van der Waals surface area contributed by atoms with Crippen LogP contribution < -0.4 is 9.80 Å². The Labute approximate surface area is 148 Å². The van der Waals surface area contributed by atoms with E-state index in [0.29, 0.717) is 5.57 Å². The summed E-state index contributed by atoms with van der Waals surface area (Å²) < 4.78 is 0. The molecule has 1 aromatic carbocycles. The number of carbonyl (C=O) groups excluding carboxylic acids is 1. The van der Waals surface area contributed by atoms with Crippen molar-refractivity contribution in [1.29, 1.82) is 5.41 Å². The van der Waals surface area contributed by atoms with E-state index in [2.05, 4.69) is 0 Å². The monoisotopic (exact) mass is 342 g/mol. The Bertz CT molecular complexity index is 735. The summed E-state index contributed by atoms with van der Waals surface area (Å²) in [4.78, 5) is 18.3. The van der Waals surface area contributed by atoms with Crippen LogP contribution in [0.3, 0.4) is 0 Å². The summed E-state index contributed by atoms with van der Waals surface area (Å²) in [6, 6.07) is 7.93. The van der Waals surface area contributed by atoms with E-state index >= 15 is 0 Å². The first-order valence-corrected chi connectivity index (χ1v) is 8.55. The Morgan fingerprint density at radius 2 is 1.72 bits per heavy atom. The summed E-state index contributed by atoms with van der Waals surface area (Å²) in [5, 5.41) is 19.1. The fraction of sp³-hybridized carbons (Fsp3) is 0.474. The van der Waals surface area contributed by atoms with E-state index in [1.807, 2.05) is 62.0 Å². The van der Waals surface area contributed by atoms with Gasteiger partial charge in [0.05, 0.1) is 23.5 Å². The molecule has 1 aromatic rings. The van der Waals surface area contributed by atoms with Crippen LogP contribution in [-0.4, -0.2) is 54.4 Å². The number of nitrogens with zero attached hydrogens (tertiary/aromatic N) is 3. The van der Waals surface area contributed by atoms with Crippen molar-refractivity contribution in [2.24, 2.45) is 5.92 Å². The minimum atomic E-state index is -0.955. The van der Waals surface area contributed by atoms with Gasteiger partial charge in [-0.3, -0.25) is 10.2 Å². The third-order valence-corrected chi connectivity index (χ3v) is 5.38. The molecule has 2 aliphatic rings. The average Bonchev–Trinajstić information content (AvgIpc) is 2.94. The highest BCUT2D eigenvalue weighted by atomic mass is 16.3. The van der Waals surface area contributed by atoms with Gasteiger partial charge in [0.1, 0.15) is 17.2 Å². The molecule has 0 bridgehead atoms.